The van der Waals surface area contributed by atoms with Crippen molar-refractivity contribution in [3.63, 3.8) is 0 Å². The summed E-state index contributed by atoms with van der Waals surface area (Å²) < 4.78 is 41.8. The third kappa shape index (κ3) is 4.55. The number of benzene rings is 1. The van der Waals surface area contributed by atoms with E-state index < -0.39 is 17.8 Å². The zero-order valence-electron chi connectivity index (χ0n) is 15.0. The quantitative estimate of drug-likeness (QED) is 0.848. The summed E-state index contributed by atoms with van der Waals surface area (Å²) in [6.45, 7) is 3.43. The van der Waals surface area contributed by atoms with Crippen LogP contribution in [0, 0.1) is 18.7 Å². The summed E-state index contributed by atoms with van der Waals surface area (Å²) >= 11 is 0. The number of anilines is 1. The summed E-state index contributed by atoms with van der Waals surface area (Å²) in [5.41, 5.74) is 0.471. The number of nitrogens with zero attached hydrogens (tertiary/aromatic N) is 4. The highest BCUT2D eigenvalue weighted by molar-refractivity contribution is 5.89. The zero-order valence-corrected chi connectivity index (χ0v) is 15.0. The van der Waals surface area contributed by atoms with Gasteiger partial charge in [0.05, 0.1) is 0 Å². The van der Waals surface area contributed by atoms with Crippen molar-refractivity contribution in [3.05, 3.63) is 29.8 Å². The van der Waals surface area contributed by atoms with Gasteiger partial charge in [0.25, 0.3) is 0 Å². The fraction of sp³-hybridized carbons (Fsp3) is 0.529. The van der Waals surface area contributed by atoms with Gasteiger partial charge in [0, 0.05) is 24.6 Å². The minimum Gasteiger partial charge on any atom is -0.335 e. The maximum atomic E-state index is 14.1. The lowest BCUT2D eigenvalue weighted by Gasteiger charge is -2.32. The lowest BCUT2D eigenvalue weighted by atomic mass is 9.83. The van der Waals surface area contributed by atoms with Crippen molar-refractivity contribution in [3.8, 4) is 5.69 Å². The Balaban J connectivity index is 1.62. The molecule has 0 bridgehead atoms. The number of aryl methyl sites for hydroxylation is 1. The van der Waals surface area contributed by atoms with E-state index in [0.717, 1.165) is 0 Å². The lowest BCUT2D eigenvalue weighted by molar-refractivity contribution is -0.0483. The van der Waals surface area contributed by atoms with Gasteiger partial charge in [-0.15, -0.1) is 5.10 Å². The molecule has 1 unspecified atom stereocenters. The van der Waals surface area contributed by atoms with Gasteiger partial charge in [0.15, 0.2) is 5.82 Å². The van der Waals surface area contributed by atoms with Gasteiger partial charge in [0.2, 0.25) is 5.92 Å². The molecule has 10 heteroatoms. The molecule has 0 saturated heterocycles. The maximum Gasteiger partial charge on any atom is 0.319 e. The second-order valence-electron chi connectivity index (χ2n) is 6.88. The number of aromatic nitrogens is 4. The van der Waals surface area contributed by atoms with Crippen molar-refractivity contribution in [2.45, 2.75) is 51.5 Å². The van der Waals surface area contributed by atoms with E-state index in [1.807, 2.05) is 0 Å². The van der Waals surface area contributed by atoms with Crippen molar-refractivity contribution in [2.24, 2.45) is 5.92 Å². The Bertz CT molecular complexity index is 815. The van der Waals surface area contributed by atoms with Crippen LogP contribution in [0.15, 0.2) is 18.2 Å². The molecule has 1 saturated carbocycles. The highest BCUT2D eigenvalue weighted by Crippen LogP contribution is 2.37. The monoisotopic (exact) mass is 382 g/mol. The topological polar surface area (TPSA) is 84.7 Å². The molecule has 1 heterocycles. The maximum absolute atomic E-state index is 14.1. The Morgan fingerprint density at radius 2 is 2.04 bits per heavy atom. The van der Waals surface area contributed by atoms with Gasteiger partial charge in [0.1, 0.15) is 11.5 Å². The molecule has 2 amide bonds. The third-order valence-electron chi connectivity index (χ3n) is 4.89. The van der Waals surface area contributed by atoms with E-state index in [4.69, 9.17) is 0 Å². The van der Waals surface area contributed by atoms with Gasteiger partial charge >= 0.3 is 6.03 Å². The van der Waals surface area contributed by atoms with Crippen LogP contribution in [0.1, 0.15) is 38.4 Å². The molecule has 146 valence electrons. The first-order chi connectivity index (χ1) is 12.7. The largest absolute Gasteiger partial charge is 0.335 e. The van der Waals surface area contributed by atoms with E-state index in [9.17, 15) is 18.0 Å². The summed E-state index contributed by atoms with van der Waals surface area (Å²) in [4.78, 5) is 12.2. The number of amides is 2. The van der Waals surface area contributed by atoms with Gasteiger partial charge in [-0.05, 0) is 61.2 Å². The second kappa shape index (κ2) is 7.53. The molecule has 3 rings (SSSR count). The van der Waals surface area contributed by atoms with Gasteiger partial charge in [-0.3, -0.25) is 0 Å². The summed E-state index contributed by atoms with van der Waals surface area (Å²) in [6.07, 6.45) is 0.428. The van der Waals surface area contributed by atoms with Crippen molar-refractivity contribution in [1.82, 2.24) is 25.5 Å². The normalized spacial score (nSPS) is 18.1. The molecule has 1 atom stereocenters. The Hall–Kier alpha value is -2.65. The van der Waals surface area contributed by atoms with Crippen LogP contribution in [0.3, 0.4) is 0 Å². The number of nitrogens with one attached hydrogen (secondary N) is 2. The van der Waals surface area contributed by atoms with E-state index in [0.29, 0.717) is 24.4 Å². The smallest absolute Gasteiger partial charge is 0.319 e. The Kier molecular flexibility index (Phi) is 5.33. The van der Waals surface area contributed by atoms with Crippen LogP contribution in [0.4, 0.5) is 23.7 Å². The van der Waals surface area contributed by atoms with E-state index in [2.05, 4.69) is 26.2 Å². The first-order valence-corrected chi connectivity index (χ1v) is 8.75. The van der Waals surface area contributed by atoms with Crippen LogP contribution >= 0.6 is 0 Å². The summed E-state index contributed by atoms with van der Waals surface area (Å²) in [5.74, 6) is -2.73. The molecular weight excluding hydrogens is 361 g/mol. The van der Waals surface area contributed by atoms with Crippen molar-refractivity contribution < 1.29 is 18.0 Å². The number of halogens is 3. The Morgan fingerprint density at radius 1 is 1.33 bits per heavy atom. The second-order valence-corrected chi connectivity index (χ2v) is 6.88. The van der Waals surface area contributed by atoms with Crippen LogP contribution in [0.5, 0.6) is 0 Å². The molecule has 0 aliphatic heterocycles. The molecule has 2 aromatic rings. The van der Waals surface area contributed by atoms with Gasteiger partial charge < -0.3 is 10.6 Å². The number of hydrogen-bond donors (Lipinski definition) is 2. The fourth-order valence-corrected chi connectivity index (χ4v) is 3.26. The Labute approximate surface area is 154 Å². The fourth-order valence-electron chi connectivity index (χ4n) is 3.26. The molecule has 7 nitrogen and oxygen atoms in total. The summed E-state index contributed by atoms with van der Waals surface area (Å²) in [7, 11) is 0. The molecule has 0 radical (unpaired) electrons. The van der Waals surface area contributed by atoms with Crippen LogP contribution in [-0.2, 0) is 0 Å². The standard InChI is InChI=1S/C17H21F3N6O/c1-10(12-5-7-17(19,20)8-6-12)21-16(27)22-13-3-4-14(18)15(9-13)26-11(2)23-24-25-26/h3-4,9-10,12H,5-8H2,1-2H3,(H2,21,22,27). The average Bonchev–Trinajstić information content (AvgIpc) is 3.02. The molecule has 27 heavy (non-hydrogen) atoms. The number of alkyl halides is 2. The predicted octanol–water partition coefficient (Wildman–Crippen LogP) is 3.45. The molecule has 1 fully saturated rings. The highest BCUT2D eigenvalue weighted by Gasteiger charge is 2.36. The number of hydrogen-bond acceptors (Lipinski definition) is 4. The highest BCUT2D eigenvalue weighted by atomic mass is 19.3. The van der Waals surface area contributed by atoms with Crippen molar-refractivity contribution >= 4 is 11.7 Å². The molecule has 2 N–H and O–H groups in total. The summed E-state index contributed by atoms with van der Waals surface area (Å²) in [6, 6.07) is 3.32. The van der Waals surface area contributed by atoms with Crippen LogP contribution in [0.25, 0.3) is 5.69 Å². The van der Waals surface area contributed by atoms with Crippen molar-refractivity contribution in [1.29, 1.82) is 0 Å². The predicted molar refractivity (Wildman–Crippen MR) is 92.4 cm³/mol. The molecule has 1 aromatic heterocycles. The molecule has 1 aromatic carbocycles. The van der Waals surface area contributed by atoms with E-state index in [1.54, 1.807) is 13.8 Å². The van der Waals surface area contributed by atoms with E-state index >= 15 is 0 Å². The van der Waals surface area contributed by atoms with Gasteiger partial charge in [-0.1, -0.05) is 0 Å². The van der Waals surface area contributed by atoms with Crippen LogP contribution in [0.2, 0.25) is 0 Å². The number of carbonyl (C=O) groups is 1. The van der Waals surface area contributed by atoms with Gasteiger partial charge in [-0.25, -0.2) is 18.0 Å². The molecule has 1 aliphatic carbocycles. The first kappa shape index (κ1) is 19.1. The number of urea groups is 1. The van der Waals surface area contributed by atoms with Gasteiger partial charge in [-0.2, -0.15) is 4.68 Å². The summed E-state index contributed by atoms with van der Waals surface area (Å²) in [5, 5.41) is 16.3. The van der Waals surface area contributed by atoms with E-state index in [-0.39, 0.29) is 30.5 Å². The average molecular weight is 382 g/mol. The molecule has 0 spiro atoms. The van der Waals surface area contributed by atoms with Crippen molar-refractivity contribution in [2.75, 3.05) is 5.32 Å². The van der Waals surface area contributed by atoms with E-state index in [1.165, 1.54) is 22.9 Å². The number of tetrazole rings is 1. The minimum absolute atomic E-state index is 0.00280. The van der Waals surface area contributed by atoms with Crippen LogP contribution < -0.4 is 10.6 Å². The SMILES string of the molecule is Cc1nnnn1-c1cc(NC(=O)NC(C)C2CCC(F)(F)CC2)ccc1F. The number of carbonyl (C=O) groups excluding carboxylic acids is 1. The minimum atomic E-state index is -2.60. The molecular formula is C17H21F3N6O. The Morgan fingerprint density at radius 3 is 2.67 bits per heavy atom. The zero-order chi connectivity index (χ0) is 19.6. The molecule has 1 aliphatic rings. The lowest BCUT2D eigenvalue weighted by Crippen LogP contribution is -2.42. The first-order valence-electron chi connectivity index (χ1n) is 8.75. The van der Waals surface area contributed by atoms with Crippen LogP contribution in [-0.4, -0.2) is 38.2 Å². The number of rotatable bonds is 4. The third-order valence-corrected chi connectivity index (χ3v) is 4.89.